The first-order valence-electron chi connectivity index (χ1n) is 8.17. The predicted molar refractivity (Wildman–Crippen MR) is 88.7 cm³/mol. The van der Waals surface area contributed by atoms with Crippen LogP contribution in [0.5, 0.6) is 0 Å². The van der Waals surface area contributed by atoms with E-state index in [1.54, 1.807) is 0 Å². The van der Waals surface area contributed by atoms with Crippen LogP contribution in [0.1, 0.15) is 45.0 Å². The minimum atomic E-state index is 0.625. The van der Waals surface area contributed by atoms with Gasteiger partial charge >= 0.3 is 0 Å². The van der Waals surface area contributed by atoms with Gasteiger partial charge in [0.05, 0.1) is 16.4 Å². The van der Waals surface area contributed by atoms with Gasteiger partial charge in [-0.15, -0.1) is 0 Å². The van der Waals surface area contributed by atoms with Crippen molar-refractivity contribution in [2.24, 2.45) is 13.0 Å². The Bertz CT molecular complexity index is 455. The van der Waals surface area contributed by atoms with Crippen LogP contribution >= 0.6 is 11.6 Å². The number of hydrogen-bond donors (Lipinski definition) is 1. The number of likely N-dealkylation sites (tertiary alicyclic amines) is 1. The number of nitrogens with one attached hydrogen (secondary N) is 1. The molecule has 5 heteroatoms. The third-order valence-corrected chi connectivity index (χ3v) is 4.72. The zero-order chi connectivity index (χ0) is 15.4. The van der Waals surface area contributed by atoms with E-state index in [4.69, 9.17) is 11.6 Å². The lowest BCUT2D eigenvalue weighted by Crippen LogP contribution is -2.39. The minimum Gasteiger partial charge on any atom is -0.315 e. The van der Waals surface area contributed by atoms with Gasteiger partial charge in [0, 0.05) is 26.2 Å². The highest BCUT2D eigenvalue weighted by Crippen LogP contribution is 2.26. The topological polar surface area (TPSA) is 33.1 Å². The number of rotatable bonds is 7. The van der Waals surface area contributed by atoms with Crippen LogP contribution in [-0.2, 0) is 20.0 Å². The quantitative estimate of drug-likeness (QED) is 0.840. The molecule has 0 spiro atoms. The molecule has 21 heavy (non-hydrogen) atoms. The van der Waals surface area contributed by atoms with E-state index in [2.05, 4.69) is 36.1 Å². The van der Waals surface area contributed by atoms with E-state index >= 15 is 0 Å². The summed E-state index contributed by atoms with van der Waals surface area (Å²) >= 11 is 6.48. The lowest BCUT2D eigenvalue weighted by atomic mass is 10.2. The summed E-state index contributed by atoms with van der Waals surface area (Å²) in [6.45, 7) is 10.9. The van der Waals surface area contributed by atoms with Crippen molar-refractivity contribution < 1.29 is 0 Å². The minimum absolute atomic E-state index is 0.625. The zero-order valence-corrected chi connectivity index (χ0v) is 14.6. The average molecular weight is 313 g/mol. The molecule has 1 aromatic rings. The number of halogens is 1. The van der Waals surface area contributed by atoms with Gasteiger partial charge in [-0.25, -0.2) is 0 Å². The number of aryl methyl sites for hydroxylation is 2. The molecule has 1 aromatic heterocycles. The molecule has 0 aliphatic carbocycles. The van der Waals surface area contributed by atoms with Crippen molar-refractivity contribution in [2.45, 2.75) is 52.6 Å². The average Bonchev–Trinajstić information content (AvgIpc) is 2.98. The van der Waals surface area contributed by atoms with E-state index in [-0.39, 0.29) is 0 Å². The highest BCUT2D eigenvalue weighted by Gasteiger charge is 2.26. The molecule has 0 radical (unpaired) electrons. The zero-order valence-electron chi connectivity index (χ0n) is 13.8. The van der Waals surface area contributed by atoms with E-state index in [1.807, 2.05) is 11.7 Å². The summed E-state index contributed by atoms with van der Waals surface area (Å²) in [5.41, 5.74) is 2.17. The molecular weight excluding hydrogens is 284 g/mol. The van der Waals surface area contributed by atoms with Crippen molar-refractivity contribution in [3.63, 3.8) is 0 Å². The fraction of sp³-hybridized carbons (Fsp3) is 0.812. The molecular formula is C16H29ClN4. The Hall–Kier alpha value is -0.580. The molecule has 1 aliphatic rings. The second-order valence-electron chi connectivity index (χ2n) is 6.50. The highest BCUT2D eigenvalue weighted by atomic mass is 35.5. The molecule has 1 saturated heterocycles. The maximum absolute atomic E-state index is 6.48. The van der Waals surface area contributed by atoms with Gasteiger partial charge in [0.2, 0.25) is 0 Å². The Kier molecular flexibility index (Phi) is 6.08. The van der Waals surface area contributed by atoms with Crippen molar-refractivity contribution in [3.05, 3.63) is 16.4 Å². The van der Waals surface area contributed by atoms with Crippen molar-refractivity contribution in [3.8, 4) is 0 Å². The molecule has 0 bridgehead atoms. The summed E-state index contributed by atoms with van der Waals surface area (Å²) in [4.78, 5) is 2.55. The van der Waals surface area contributed by atoms with E-state index in [0.717, 1.165) is 49.0 Å². The smallest absolute Gasteiger partial charge is 0.0863 e. The summed E-state index contributed by atoms with van der Waals surface area (Å²) in [6.07, 6.45) is 3.46. The number of nitrogens with zero attached hydrogens (tertiary/aromatic N) is 3. The molecule has 1 fully saturated rings. The van der Waals surface area contributed by atoms with Crippen LogP contribution in [0.3, 0.4) is 0 Å². The van der Waals surface area contributed by atoms with Crippen LogP contribution in [0.25, 0.3) is 0 Å². The molecule has 0 aromatic carbocycles. The standard InChI is InChI=1S/C16H29ClN4/c1-5-14-16(17)15(20(4)19-14)11-21-8-6-7-13(21)10-18-9-12(2)3/h12-13,18H,5-11H2,1-4H3. The van der Waals surface area contributed by atoms with E-state index in [0.29, 0.717) is 12.0 Å². The van der Waals surface area contributed by atoms with E-state index in [9.17, 15) is 0 Å². The Morgan fingerprint density at radius 3 is 2.81 bits per heavy atom. The first kappa shape index (κ1) is 16.8. The molecule has 1 N–H and O–H groups in total. The third kappa shape index (κ3) is 4.21. The van der Waals surface area contributed by atoms with Gasteiger partial charge < -0.3 is 5.32 Å². The monoisotopic (exact) mass is 312 g/mol. The molecule has 0 amide bonds. The highest BCUT2D eigenvalue weighted by molar-refractivity contribution is 6.31. The Morgan fingerprint density at radius 2 is 2.19 bits per heavy atom. The molecule has 120 valence electrons. The second-order valence-corrected chi connectivity index (χ2v) is 6.88. The van der Waals surface area contributed by atoms with Gasteiger partial charge in [0.25, 0.3) is 0 Å². The molecule has 4 nitrogen and oxygen atoms in total. The summed E-state index contributed by atoms with van der Waals surface area (Å²) in [6, 6.07) is 0.625. The van der Waals surface area contributed by atoms with Gasteiger partial charge in [-0.1, -0.05) is 32.4 Å². The van der Waals surface area contributed by atoms with Crippen LogP contribution in [0.15, 0.2) is 0 Å². The summed E-state index contributed by atoms with van der Waals surface area (Å²) in [5.74, 6) is 0.707. The molecule has 1 aliphatic heterocycles. The SMILES string of the molecule is CCc1nn(C)c(CN2CCCC2CNCC(C)C)c1Cl. The lowest BCUT2D eigenvalue weighted by molar-refractivity contribution is 0.232. The normalized spacial score (nSPS) is 19.8. The fourth-order valence-corrected chi connectivity index (χ4v) is 3.41. The maximum Gasteiger partial charge on any atom is 0.0863 e. The van der Waals surface area contributed by atoms with Crippen LogP contribution in [-0.4, -0.2) is 40.4 Å². The van der Waals surface area contributed by atoms with Gasteiger partial charge in [0.1, 0.15) is 0 Å². The summed E-state index contributed by atoms with van der Waals surface area (Å²) < 4.78 is 1.96. The molecule has 2 rings (SSSR count). The van der Waals surface area contributed by atoms with Gasteiger partial charge in [0.15, 0.2) is 0 Å². The molecule has 1 atom stereocenters. The van der Waals surface area contributed by atoms with Crippen LogP contribution < -0.4 is 5.32 Å². The fourth-order valence-electron chi connectivity index (χ4n) is 3.06. The van der Waals surface area contributed by atoms with Crippen LogP contribution in [0.4, 0.5) is 0 Å². The maximum atomic E-state index is 6.48. The van der Waals surface area contributed by atoms with Gasteiger partial charge in [-0.05, 0) is 38.3 Å². The second kappa shape index (κ2) is 7.61. The van der Waals surface area contributed by atoms with E-state index < -0.39 is 0 Å². The van der Waals surface area contributed by atoms with Crippen molar-refractivity contribution in [2.75, 3.05) is 19.6 Å². The largest absolute Gasteiger partial charge is 0.315 e. The lowest BCUT2D eigenvalue weighted by Gasteiger charge is -2.25. The molecule has 0 saturated carbocycles. The van der Waals surface area contributed by atoms with Gasteiger partial charge in [-0.2, -0.15) is 5.10 Å². The van der Waals surface area contributed by atoms with Gasteiger partial charge in [-0.3, -0.25) is 9.58 Å². The van der Waals surface area contributed by atoms with Crippen molar-refractivity contribution in [1.29, 1.82) is 0 Å². The molecule has 2 heterocycles. The Morgan fingerprint density at radius 1 is 1.43 bits per heavy atom. The van der Waals surface area contributed by atoms with Crippen LogP contribution in [0.2, 0.25) is 5.02 Å². The first-order valence-corrected chi connectivity index (χ1v) is 8.55. The number of hydrogen-bond acceptors (Lipinski definition) is 3. The summed E-state index contributed by atoms with van der Waals surface area (Å²) in [5, 5.41) is 8.98. The first-order chi connectivity index (χ1) is 10.0. The van der Waals surface area contributed by atoms with Crippen molar-refractivity contribution in [1.82, 2.24) is 20.0 Å². The van der Waals surface area contributed by atoms with Crippen molar-refractivity contribution >= 4 is 11.6 Å². The third-order valence-electron chi connectivity index (χ3n) is 4.29. The Balaban J connectivity index is 1.96. The Labute approximate surface area is 133 Å². The summed E-state index contributed by atoms with van der Waals surface area (Å²) in [7, 11) is 2.00. The predicted octanol–water partition coefficient (Wildman–Crippen LogP) is 2.85. The van der Waals surface area contributed by atoms with Crippen LogP contribution in [0, 0.1) is 5.92 Å². The van der Waals surface area contributed by atoms with E-state index in [1.165, 1.54) is 12.8 Å². The number of aromatic nitrogens is 2. The molecule has 1 unspecified atom stereocenters.